The van der Waals surface area contributed by atoms with E-state index in [1.807, 2.05) is 57.4 Å². The van der Waals surface area contributed by atoms with E-state index in [2.05, 4.69) is 27.6 Å². The van der Waals surface area contributed by atoms with Crippen LogP contribution in [-0.4, -0.2) is 21.3 Å². The molecule has 0 fully saturated rings. The summed E-state index contributed by atoms with van der Waals surface area (Å²) in [6.45, 7) is 6.07. The summed E-state index contributed by atoms with van der Waals surface area (Å²) in [7, 11) is 1.83. The predicted molar refractivity (Wildman–Crippen MR) is 97.8 cm³/mol. The highest BCUT2D eigenvalue weighted by atomic mass is 35.5. The first-order valence-electron chi connectivity index (χ1n) is 7.66. The van der Waals surface area contributed by atoms with Crippen molar-refractivity contribution in [3.05, 3.63) is 35.4 Å². The number of aromatic nitrogens is 2. The van der Waals surface area contributed by atoms with E-state index in [4.69, 9.17) is 16.9 Å². The Bertz CT molecular complexity index is 767. The van der Waals surface area contributed by atoms with Crippen LogP contribution in [0.3, 0.4) is 0 Å². The minimum absolute atomic E-state index is 0.274. The Morgan fingerprint density at radius 1 is 1.38 bits per heavy atom. The minimum atomic E-state index is -0.274. The molecule has 126 valence electrons. The maximum atomic E-state index is 8.95. The molecule has 0 spiro atoms. The van der Waals surface area contributed by atoms with Crippen LogP contribution in [0, 0.1) is 11.5 Å². The average Bonchev–Trinajstić information content (AvgIpc) is 2.89. The van der Waals surface area contributed by atoms with E-state index in [-0.39, 0.29) is 5.54 Å². The van der Waals surface area contributed by atoms with Gasteiger partial charge in [-0.05, 0) is 32.4 Å². The number of anilines is 1. The highest BCUT2D eigenvalue weighted by Gasteiger charge is 2.16. The maximum absolute atomic E-state index is 8.95. The minimum Gasteiger partial charge on any atom is -0.310 e. The largest absolute Gasteiger partial charge is 0.310 e. The van der Waals surface area contributed by atoms with Crippen molar-refractivity contribution in [2.24, 2.45) is 12.0 Å². The molecule has 1 heterocycles. The number of rotatable bonds is 4. The molecule has 0 saturated carbocycles. The fourth-order valence-corrected chi connectivity index (χ4v) is 2.12. The fraction of sp³-hybridized carbons (Fsp3) is 0.353. The molecule has 0 bridgehead atoms. The third-order valence-corrected chi connectivity index (χ3v) is 3.97. The van der Waals surface area contributed by atoms with Gasteiger partial charge in [0.2, 0.25) is 5.96 Å². The van der Waals surface area contributed by atoms with Gasteiger partial charge in [-0.25, -0.2) is 4.99 Å². The zero-order valence-corrected chi connectivity index (χ0v) is 15.0. The second-order valence-corrected chi connectivity index (χ2v) is 6.47. The summed E-state index contributed by atoms with van der Waals surface area (Å²) in [5, 5.41) is 19.8. The molecule has 7 heteroatoms. The lowest BCUT2D eigenvalue weighted by atomic mass is 10.0. The number of nitrogens with zero attached hydrogens (tertiary/aromatic N) is 4. The van der Waals surface area contributed by atoms with E-state index < -0.39 is 0 Å². The molecule has 0 unspecified atom stereocenters. The van der Waals surface area contributed by atoms with Crippen molar-refractivity contribution in [1.29, 1.82) is 5.26 Å². The zero-order valence-electron chi connectivity index (χ0n) is 14.3. The molecule has 0 aliphatic rings. The molecular formula is C17H21ClN6. The van der Waals surface area contributed by atoms with E-state index in [0.717, 1.165) is 23.5 Å². The Balaban J connectivity index is 2.29. The summed E-state index contributed by atoms with van der Waals surface area (Å²) in [5.41, 5.74) is 1.50. The lowest BCUT2D eigenvalue weighted by molar-refractivity contribution is 0.503. The number of hydrogen-bond donors (Lipinski definition) is 2. The van der Waals surface area contributed by atoms with Gasteiger partial charge in [0.15, 0.2) is 6.19 Å². The predicted octanol–water partition coefficient (Wildman–Crippen LogP) is 3.77. The van der Waals surface area contributed by atoms with Crippen LogP contribution in [0.4, 0.5) is 5.82 Å². The Hall–Kier alpha value is -2.52. The molecule has 2 rings (SSSR count). The van der Waals surface area contributed by atoms with Crippen LogP contribution in [0.15, 0.2) is 35.3 Å². The van der Waals surface area contributed by atoms with Gasteiger partial charge < -0.3 is 5.32 Å². The van der Waals surface area contributed by atoms with E-state index in [9.17, 15) is 0 Å². The Morgan fingerprint density at radius 2 is 2.04 bits per heavy atom. The number of aliphatic imine (C=N–C) groups is 1. The molecule has 24 heavy (non-hydrogen) atoms. The third-order valence-electron chi connectivity index (χ3n) is 3.72. The monoisotopic (exact) mass is 344 g/mol. The summed E-state index contributed by atoms with van der Waals surface area (Å²) in [6, 6.07) is 9.38. The van der Waals surface area contributed by atoms with Gasteiger partial charge in [0.05, 0.1) is 11.2 Å². The van der Waals surface area contributed by atoms with Crippen LogP contribution in [0.1, 0.15) is 27.2 Å². The van der Waals surface area contributed by atoms with Crippen molar-refractivity contribution in [2.45, 2.75) is 32.7 Å². The summed E-state index contributed by atoms with van der Waals surface area (Å²) in [6.07, 6.45) is 2.77. The van der Waals surface area contributed by atoms with Gasteiger partial charge in [-0.15, -0.1) is 0 Å². The standard InChI is InChI=1S/C17H21ClN6/c1-5-17(2,3)22-16(20-11-19)21-15-10-14(23-24(15)4)12-6-8-13(18)9-7-12/h6-10H,5H2,1-4H3,(H2,20,21,22). The van der Waals surface area contributed by atoms with Gasteiger partial charge in [0, 0.05) is 23.7 Å². The fourth-order valence-electron chi connectivity index (χ4n) is 1.99. The molecule has 6 nitrogen and oxygen atoms in total. The van der Waals surface area contributed by atoms with Crippen molar-refractivity contribution >= 4 is 23.4 Å². The Morgan fingerprint density at radius 3 is 2.62 bits per heavy atom. The van der Waals surface area contributed by atoms with Crippen molar-refractivity contribution in [3.63, 3.8) is 0 Å². The van der Waals surface area contributed by atoms with Crippen LogP contribution in [-0.2, 0) is 7.05 Å². The molecule has 0 radical (unpaired) electrons. The summed E-state index contributed by atoms with van der Waals surface area (Å²) in [4.78, 5) is 4.56. The van der Waals surface area contributed by atoms with Crippen LogP contribution >= 0.6 is 11.6 Å². The highest BCUT2D eigenvalue weighted by Crippen LogP contribution is 2.23. The number of hydrogen-bond acceptors (Lipinski definition) is 3. The number of guanidine groups is 1. The highest BCUT2D eigenvalue weighted by molar-refractivity contribution is 6.30. The van der Waals surface area contributed by atoms with Gasteiger partial charge in [-0.2, -0.15) is 10.4 Å². The van der Waals surface area contributed by atoms with E-state index in [1.165, 1.54) is 0 Å². The van der Waals surface area contributed by atoms with Crippen molar-refractivity contribution in [2.75, 3.05) is 5.32 Å². The molecule has 0 amide bonds. The molecule has 0 atom stereocenters. The first kappa shape index (κ1) is 17.8. The van der Waals surface area contributed by atoms with Crippen molar-refractivity contribution in [1.82, 2.24) is 15.1 Å². The lowest BCUT2D eigenvalue weighted by Gasteiger charge is -2.19. The van der Waals surface area contributed by atoms with Crippen LogP contribution in [0.5, 0.6) is 0 Å². The topological polar surface area (TPSA) is 78.0 Å². The number of aryl methyl sites for hydroxylation is 1. The first-order valence-corrected chi connectivity index (χ1v) is 8.04. The van der Waals surface area contributed by atoms with E-state index in [0.29, 0.717) is 11.0 Å². The van der Waals surface area contributed by atoms with Crippen LogP contribution in [0.2, 0.25) is 5.02 Å². The molecule has 1 aromatic heterocycles. The molecule has 0 aliphatic carbocycles. The average molecular weight is 345 g/mol. The van der Waals surface area contributed by atoms with Gasteiger partial charge in [-0.1, -0.05) is 30.7 Å². The molecule has 2 N–H and O–H groups in total. The molecule has 1 aromatic carbocycles. The van der Waals surface area contributed by atoms with Crippen molar-refractivity contribution in [3.8, 4) is 17.5 Å². The van der Waals surface area contributed by atoms with Crippen molar-refractivity contribution < 1.29 is 0 Å². The van der Waals surface area contributed by atoms with Crippen LogP contribution < -0.4 is 10.6 Å². The van der Waals surface area contributed by atoms with E-state index in [1.54, 1.807) is 4.68 Å². The Labute approximate surface area is 147 Å². The van der Waals surface area contributed by atoms with Gasteiger partial charge in [0.1, 0.15) is 5.82 Å². The lowest BCUT2D eigenvalue weighted by Crippen LogP contribution is -2.32. The summed E-state index contributed by atoms with van der Waals surface area (Å²) < 4.78 is 1.71. The molecule has 2 aromatic rings. The third kappa shape index (κ3) is 4.49. The van der Waals surface area contributed by atoms with Gasteiger partial charge in [-0.3, -0.25) is 10.00 Å². The molecular weight excluding hydrogens is 324 g/mol. The number of nitrogens with one attached hydrogen (secondary N) is 2. The number of benzene rings is 1. The summed E-state index contributed by atoms with van der Waals surface area (Å²) in [5.74, 6) is 1.13. The normalized spacial score (nSPS) is 11.9. The van der Waals surface area contributed by atoms with Crippen LogP contribution in [0.25, 0.3) is 11.3 Å². The maximum Gasteiger partial charge on any atom is 0.210 e. The molecule has 0 saturated heterocycles. The molecule has 0 aliphatic heterocycles. The van der Waals surface area contributed by atoms with E-state index >= 15 is 0 Å². The van der Waals surface area contributed by atoms with Gasteiger partial charge >= 0.3 is 0 Å². The zero-order chi connectivity index (χ0) is 17.7. The smallest absolute Gasteiger partial charge is 0.210 e. The Kier molecular flexibility index (Phi) is 5.47. The number of nitriles is 1. The summed E-state index contributed by atoms with van der Waals surface area (Å²) >= 11 is 5.92. The SMILES string of the molecule is CCC(C)(C)N=C(NC#N)Nc1cc(-c2ccc(Cl)cc2)nn1C. The number of halogens is 1. The van der Waals surface area contributed by atoms with Gasteiger partial charge in [0.25, 0.3) is 0 Å². The first-order chi connectivity index (χ1) is 11.3. The second-order valence-electron chi connectivity index (χ2n) is 6.03. The second kappa shape index (κ2) is 7.37. The quantitative estimate of drug-likeness (QED) is 0.383.